The third-order valence-corrected chi connectivity index (χ3v) is 4.35. The van der Waals surface area contributed by atoms with Gasteiger partial charge in [-0.15, -0.1) is 0 Å². The van der Waals surface area contributed by atoms with Gasteiger partial charge in [-0.3, -0.25) is 4.31 Å². The number of hydrogen-bond donors (Lipinski definition) is 1. The molecule has 0 aliphatic rings. The van der Waals surface area contributed by atoms with Crippen molar-refractivity contribution in [2.24, 2.45) is 0 Å². The lowest BCUT2D eigenvalue weighted by molar-refractivity contribution is 0.0529. The van der Waals surface area contributed by atoms with Gasteiger partial charge in [0.2, 0.25) is 10.0 Å². The molecule has 0 bridgehead atoms. The van der Waals surface area contributed by atoms with Crippen molar-refractivity contribution in [1.82, 2.24) is 5.32 Å². The third kappa shape index (κ3) is 6.45. The van der Waals surface area contributed by atoms with E-state index in [4.69, 9.17) is 27.9 Å². The smallest absolute Gasteiger partial charge is 0.407 e. The molecule has 0 aliphatic carbocycles. The van der Waals surface area contributed by atoms with Crippen molar-refractivity contribution >= 4 is 45.0 Å². The number of nitrogens with zero attached hydrogens (tertiary/aromatic N) is 1. The monoisotopic (exact) mass is 382 g/mol. The van der Waals surface area contributed by atoms with Crippen LogP contribution in [0, 0.1) is 0 Å². The summed E-state index contributed by atoms with van der Waals surface area (Å²) >= 11 is 12.1. The third-order valence-electron chi connectivity index (χ3n) is 2.57. The Balaban J connectivity index is 2.85. The first-order chi connectivity index (χ1) is 10.4. The number of benzene rings is 1. The van der Waals surface area contributed by atoms with Gasteiger partial charge in [0, 0.05) is 6.54 Å². The van der Waals surface area contributed by atoms with Crippen molar-refractivity contribution in [3.8, 4) is 0 Å². The van der Waals surface area contributed by atoms with Crippen LogP contribution in [0.3, 0.4) is 0 Å². The van der Waals surface area contributed by atoms with Gasteiger partial charge in [-0.1, -0.05) is 29.3 Å². The summed E-state index contributed by atoms with van der Waals surface area (Å²) in [5, 5.41) is 2.91. The van der Waals surface area contributed by atoms with Crippen LogP contribution in [0.25, 0.3) is 0 Å². The Morgan fingerprint density at radius 1 is 1.26 bits per heavy atom. The van der Waals surface area contributed by atoms with Gasteiger partial charge in [0.1, 0.15) is 5.60 Å². The number of amides is 1. The molecule has 0 radical (unpaired) electrons. The number of carbonyl (C=O) groups excluding carboxylic acids is 1. The number of carbonyl (C=O) groups is 1. The zero-order valence-corrected chi connectivity index (χ0v) is 15.7. The molecular weight excluding hydrogens is 363 g/mol. The fraction of sp³-hybridized carbons (Fsp3) is 0.500. The average Bonchev–Trinajstić information content (AvgIpc) is 2.33. The first-order valence-corrected chi connectivity index (χ1v) is 9.41. The summed E-state index contributed by atoms with van der Waals surface area (Å²) in [6.07, 6.45) is 0.413. The standard InChI is InChI=1S/C14H20Cl2N2O4S/c1-14(2,3)22-13(19)17-8-9-18(23(4,20)21)12-10(15)6-5-7-11(12)16/h5-7H,8-9H2,1-4H3,(H,17,19). The van der Waals surface area contributed by atoms with Gasteiger partial charge >= 0.3 is 6.09 Å². The molecule has 0 saturated carbocycles. The quantitative estimate of drug-likeness (QED) is 0.847. The molecule has 1 aromatic carbocycles. The first-order valence-electron chi connectivity index (χ1n) is 6.80. The summed E-state index contributed by atoms with van der Waals surface area (Å²) in [6.45, 7) is 5.22. The average molecular weight is 383 g/mol. The number of rotatable bonds is 5. The van der Waals surface area contributed by atoms with E-state index in [-0.39, 0.29) is 28.8 Å². The summed E-state index contributed by atoms with van der Waals surface area (Å²) in [4.78, 5) is 11.6. The maximum absolute atomic E-state index is 12.0. The minimum Gasteiger partial charge on any atom is -0.444 e. The molecular formula is C14H20Cl2N2O4S. The van der Waals surface area contributed by atoms with Crippen molar-refractivity contribution in [2.45, 2.75) is 26.4 Å². The van der Waals surface area contributed by atoms with Crippen LogP contribution in [0.2, 0.25) is 10.0 Å². The lowest BCUT2D eigenvalue weighted by atomic mass is 10.2. The van der Waals surface area contributed by atoms with E-state index >= 15 is 0 Å². The second-order valence-corrected chi connectivity index (χ2v) is 8.56. The van der Waals surface area contributed by atoms with E-state index in [0.717, 1.165) is 10.6 Å². The van der Waals surface area contributed by atoms with Gasteiger partial charge < -0.3 is 10.1 Å². The zero-order valence-electron chi connectivity index (χ0n) is 13.4. The van der Waals surface area contributed by atoms with Gasteiger partial charge in [0.15, 0.2) is 0 Å². The maximum atomic E-state index is 12.0. The molecule has 1 aromatic rings. The van der Waals surface area contributed by atoms with E-state index in [9.17, 15) is 13.2 Å². The fourth-order valence-corrected chi connectivity index (χ4v) is 3.40. The molecule has 9 heteroatoms. The molecule has 0 atom stereocenters. The molecule has 23 heavy (non-hydrogen) atoms. The molecule has 0 aliphatic heterocycles. The van der Waals surface area contributed by atoms with E-state index in [0.29, 0.717) is 0 Å². The highest BCUT2D eigenvalue weighted by molar-refractivity contribution is 7.92. The number of ether oxygens (including phenoxy) is 1. The summed E-state index contributed by atoms with van der Waals surface area (Å²) in [7, 11) is -3.62. The van der Waals surface area contributed by atoms with E-state index in [1.807, 2.05) is 0 Å². The van der Waals surface area contributed by atoms with Crippen LogP contribution < -0.4 is 9.62 Å². The number of para-hydroxylation sites is 1. The van der Waals surface area contributed by atoms with Crippen molar-refractivity contribution in [3.63, 3.8) is 0 Å². The largest absolute Gasteiger partial charge is 0.444 e. The highest BCUT2D eigenvalue weighted by Crippen LogP contribution is 2.34. The number of hydrogen-bond acceptors (Lipinski definition) is 4. The number of sulfonamides is 1. The predicted molar refractivity (Wildman–Crippen MR) is 92.9 cm³/mol. The van der Waals surface area contributed by atoms with E-state index in [1.54, 1.807) is 39.0 Å². The van der Waals surface area contributed by atoms with Crippen LogP contribution in [0.15, 0.2) is 18.2 Å². The summed E-state index contributed by atoms with van der Waals surface area (Å²) in [5.41, 5.74) is -0.448. The summed E-state index contributed by atoms with van der Waals surface area (Å²) in [5.74, 6) is 0. The lowest BCUT2D eigenvalue weighted by Crippen LogP contribution is -2.40. The Hall–Kier alpha value is -1.18. The van der Waals surface area contributed by atoms with Crippen molar-refractivity contribution in [1.29, 1.82) is 0 Å². The normalized spacial score (nSPS) is 11.9. The Kier molecular flexibility index (Phi) is 6.56. The molecule has 0 unspecified atom stereocenters. The Morgan fingerprint density at radius 3 is 2.22 bits per heavy atom. The molecule has 1 amide bonds. The summed E-state index contributed by atoms with van der Waals surface area (Å²) < 4.78 is 30.1. The minimum absolute atomic E-state index is 0.0263. The van der Waals surface area contributed by atoms with Gasteiger partial charge in [-0.2, -0.15) is 0 Å². The van der Waals surface area contributed by atoms with E-state index < -0.39 is 21.7 Å². The van der Waals surface area contributed by atoms with Crippen molar-refractivity contribution in [3.05, 3.63) is 28.2 Å². The maximum Gasteiger partial charge on any atom is 0.407 e. The van der Waals surface area contributed by atoms with Crippen LogP contribution in [-0.2, 0) is 14.8 Å². The van der Waals surface area contributed by atoms with Gasteiger partial charge in [0.05, 0.1) is 28.5 Å². The van der Waals surface area contributed by atoms with Gasteiger partial charge in [0.25, 0.3) is 0 Å². The van der Waals surface area contributed by atoms with Crippen LogP contribution in [0.4, 0.5) is 10.5 Å². The Labute approximate surface area is 146 Å². The molecule has 0 fully saturated rings. The molecule has 0 saturated heterocycles. The van der Waals surface area contributed by atoms with Crippen molar-refractivity contribution in [2.75, 3.05) is 23.7 Å². The van der Waals surface area contributed by atoms with Crippen LogP contribution >= 0.6 is 23.2 Å². The van der Waals surface area contributed by atoms with Crippen molar-refractivity contribution < 1.29 is 17.9 Å². The second kappa shape index (κ2) is 7.59. The number of alkyl carbamates (subject to hydrolysis) is 1. The number of nitrogens with one attached hydrogen (secondary N) is 1. The summed E-state index contributed by atoms with van der Waals surface area (Å²) in [6, 6.07) is 4.71. The Morgan fingerprint density at radius 2 is 1.78 bits per heavy atom. The van der Waals surface area contributed by atoms with E-state index in [2.05, 4.69) is 5.32 Å². The minimum atomic E-state index is -3.62. The molecule has 130 valence electrons. The second-order valence-electron chi connectivity index (χ2n) is 5.83. The molecule has 0 heterocycles. The molecule has 0 spiro atoms. The predicted octanol–water partition coefficient (Wildman–Crippen LogP) is 3.28. The first kappa shape index (κ1) is 19.9. The lowest BCUT2D eigenvalue weighted by Gasteiger charge is -2.25. The highest BCUT2D eigenvalue weighted by atomic mass is 35.5. The fourth-order valence-electron chi connectivity index (χ4n) is 1.74. The van der Waals surface area contributed by atoms with Gasteiger partial charge in [-0.05, 0) is 32.9 Å². The van der Waals surface area contributed by atoms with E-state index in [1.165, 1.54) is 0 Å². The number of anilines is 1. The van der Waals surface area contributed by atoms with Crippen LogP contribution in [-0.4, -0.2) is 39.5 Å². The SMILES string of the molecule is CC(C)(C)OC(=O)NCCN(c1c(Cl)cccc1Cl)S(C)(=O)=O. The van der Waals surface area contributed by atoms with Crippen LogP contribution in [0.5, 0.6) is 0 Å². The highest BCUT2D eigenvalue weighted by Gasteiger charge is 2.23. The molecule has 6 nitrogen and oxygen atoms in total. The Bertz CT molecular complexity index is 652. The van der Waals surface area contributed by atoms with Crippen LogP contribution in [0.1, 0.15) is 20.8 Å². The molecule has 1 rings (SSSR count). The topological polar surface area (TPSA) is 75.7 Å². The number of halogens is 2. The molecule has 0 aromatic heterocycles. The van der Waals surface area contributed by atoms with Gasteiger partial charge in [-0.25, -0.2) is 13.2 Å². The zero-order chi connectivity index (χ0) is 17.8. The molecule has 1 N–H and O–H groups in total.